The van der Waals surface area contributed by atoms with Crippen LogP contribution >= 0.6 is 0 Å². The van der Waals surface area contributed by atoms with Gasteiger partial charge in [-0.05, 0) is 37.5 Å². The van der Waals surface area contributed by atoms with Crippen LogP contribution in [0.1, 0.15) is 35.9 Å². The number of ether oxygens (including phenoxy) is 1. The molecule has 2 fully saturated rings. The summed E-state index contributed by atoms with van der Waals surface area (Å²) in [6, 6.07) is 0.909. The SMILES string of the molecule is CCOC1CCN(CC2=Cc3oc(N)c(C(=O)Nc4cnccc4N4C[C@@H](N)C[C@@H](C(F)(F)F)C4)c3NC2)C1. The van der Waals surface area contributed by atoms with E-state index in [9.17, 15) is 18.0 Å². The van der Waals surface area contributed by atoms with Gasteiger partial charge < -0.3 is 36.2 Å². The van der Waals surface area contributed by atoms with Gasteiger partial charge in [-0.1, -0.05) is 0 Å². The van der Waals surface area contributed by atoms with Crippen molar-refractivity contribution >= 4 is 34.9 Å². The number of hydrogen-bond acceptors (Lipinski definition) is 9. The number of carbonyl (C=O) groups excluding carboxylic acids is 1. The first-order valence-corrected chi connectivity index (χ1v) is 13.1. The van der Waals surface area contributed by atoms with Crippen LogP contribution in [-0.2, 0) is 4.74 Å². The molecule has 3 atom stereocenters. The Morgan fingerprint density at radius 3 is 2.92 bits per heavy atom. The van der Waals surface area contributed by atoms with Crippen LogP contribution in [0.15, 0.2) is 28.5 Å². The largest absolute Gasteiger partial charge is 0.438 e. The number of nitrogens with zero attached hydrogens (tertiary/aromatic N) is 3. The fourth-order valence-electron chi connectivity index (χ4n) is 5.63. The third kappa shape index (κ3) is 5.99. The van der Waals surface area contributed by atoms with Gasteiger partial charge in [-0.3, -0.25) is 14.7 Å². The Hall–Kier alpha value is -3.29. The summed E-state index contributed by atoms with van der Waals surface area (Å²) in [4.78, 5) is 21.3. The van der Waals surface area contributed by atoms with Gasteiger partial charge in [0.15, 0.2) is 5.76 Å². The van der Waals surface area contributed by atoms with E-state index in [4.69, 9.17) is 20.6 Å². The van der Waals surface area contributed by atoms with Gasteiger partial charge in [0.2, 0.25) is 5.88 Å². The van der Waals surface area contributed by atoms with Crippen LogP contribution in [0, 0.1) is 5.92 Å². The second-order valence-corrected chi connectivity index (χ2v) is 10.3. The van der Waals surface area contributed by atoms with Gasteiger partial charge in [-0.25, -0.2) is 0 Å². The average Bonchev–Trinajstić information content (AvgIpc) is 3.46. The van der Waals surface area contributed by atoms with Crippen LogP contribution in [-0.4, -0.2) is 80.0 Å². The molecule has 10 nitrogen and oxygen atoms in total. The van der Waals surface area contributed by atoms with Gasteiger partial charge in [0.1, 0.15) is 5.56 Å². The number of pyridine rings is 1. The second kappa shape index (κ2) is 11.1. The highest BCUT2D eigenvalue weighted by atomic mass is 19.4. The molecule has 3 aliphatic rings. The summed E-state index contributed by atoms with van der Waals surface area (Å²) in [5, 5.41) is 6.03. The van der Waals surface area contributed by atoms with Crippen molar-refractivity contribution in [1.82, 2.24) is 9.88 Å². The zero-order valence-corrected chi connectivity index (χ0v) is 21.8. The number of rotatable bonds is 7. The molecule has 13 heteroatoms. The molecule has 39 heavy (non-hydrogen) atoms. The third-order valence-corrected chi connectivity index (χ3v) is 7.41. The van der Waals surface area contributed by atoms with Gasteiger partial charge in [-0.2, -0.15) is 13.2 Å². The molecule has 0 aromatic carbocycles. The van der Waals surface area contributed by atoms with Crippen molar-refractivity contribution in [2.24, 2.45) is 11.7 Å². The number of furan rings is 1. The number of nitrogens with one attached hydrogen (secondary N) is 2. The Labute approximate surface area is 224 Å². The highest BCUT2D eigenvalue weighted by Gasteiger charge is 2.44. The lowest BCUT2D eigenvalue weighted by Gasteiger charge is -2.39. The maximum Gasteiger partial charge on any atom is 0.393 e. The number of piperidine rings is 1. The van der Waals surface area contributed by atoms with E-state index in [2.05, 4.69) is 20.5 Å². The molecule has 3 aliphatic heterocycles. The van der Waals surface area contributed by atoms with Crippen LogP contribution in [0.25, 0.3) is 6.08 Å². The summed E-state index contributed by atoms with van der Waals surface area (Å²) in [6.45, 7) is 5.73. The number of amides is 1. The smallest absolute Gasteiger partial charge is 0.393 e. The standard InChI is InChI=1S/C26H34F3N7O3/c1-2-38-18-4-6-35(14-18)11-15-7-21-23(33-9-15)22(24(31)39-21)25(37)34-19-10-32-5-3-20(19)36-12-16(26(27,28)29)8-17(30)13-36/h3,5,7,10,16-18,33H,2,4,6,8-9,11-14,30-31H2,1H3,(H,34,37)/t16-,17+,18?/m1/s1. The highest BCUT2D eigenvalue weighted by Crippen LogP contribution is 2.38. The molecule has 5 heterocycles. The summed E-state index contributed by atoms with van der Waals surface area (Å²) in [6.07, 6.45) is 1.49. The van der Waals surface area contributed by atoms with E-state index >= 15 is 0 Å². The van der Waals surface area contributed by atoms with Gasteiger partial charge in [-0.15, -0.1) is 0 Å². The van der Waals surface area contributed by atoms with E-state index in [1.165, 1.54) is 12.4 Å². The molecule has 0 bridgehead atoms. The van der Waals surface area contributed by atoms with E-state index in [0.717, 1.165) is 31.6 Å². The number of fused-ring (bicyclic) bond motifs is 1. The first-order valence-electron chi connectivity index (χ1n) is 13.1. The number of halogens is 3. The van der Waals surface area contributed by atoms with E-state index in [1.807, 2.05) is 13.0 Å². The molecule has 212 valence electrons. The number of hydrogen-bond donors (Lipinski definition) is 4. The van der Waals surface area contributed by atoms with Crippen molar-refractivity contribution in [2.45, 2.75) is 38.1 Å². The summed E-state index contributed by atoms with van der Waals surface area (Å²) in [5.74, 6) is -1.71. The van der Waals surface area contributed by atoms with Gasteiger partial charge >= 0.3 is 6.18 Å². The molecule has 1 amide bonds. The zero-order valence-electron chi connectivity index (χ0n) is 21.8. The lowest BCUT2D eigenvalue weighted by Crippen LogP contribution is -2.51. The topological polar surface area (TPSA) is 135 Å². The van der Waals surface area contributed by atoms with E-state index < -0.39 is 24.0 Å². The summed E-state index contributed by atoms with van der Waals surface area (Å²) in [7, 11) is 0. The number of likely N-dealkylation sites (tertiary alicyclic amines) is 1. The number of carbonyl (C=O) groups is 1. The fraction of sp³-hybridized carbons (Fsp3) is 0.538. The van der Waals surface area contributed by atoms with Crippen molar-refractivity contribution in [2.75, 3.05) is 67.1 Å². The molecule has 2 aromatic heterocycles. The molecule has 2 saturated heterocycles. The molecular formula is C26H34F3N7O3. The molecule has 5 rings (SSSR count). The van der Waals surface area contributed by atoms with Crippen LogP contribution in [0.3, 0.4) is 0 Å². The first kappa shape index (κ1) is 27.3. The zero-order chi connectivity index (χ0) is 27.7. The molecule has 6 N–H and O–H groups in total. The first-order chi connectivity index (χ1) is 18.6. The molecule has 2 aromatic rings. The number of anilines is 4. The Kier molecular flexibility index (Phi) is 7.74. The molecule has 0 spiro atoms. The van der Waals surface area contributed by atoms with Gasteiger partial charge in [0, 0.05) is 58.1 Å². The van der Waals surface area contributed by atoms with E-state index in [0.29, 0.717) is 30.3 Å². The lowest BCUT2D eigenvalue weighted by atomic mass is 9.93. The van der Waals surface area contributed by atoms with Gasteiger partial charge in [0.05, 0.1) is 35.3 Å². The Balaban J connectivity index is 1.31. The minimum atomic E-state index is -4.37. The highest BCUT2D eigenvalue weighted by molar-refractivity contribution is 6.13. The summed E-state index contributed by atoms with van der Waals surface area (Å²) in [5.41, 5.74) is 14.4. The number of nitrogen functional groups attached to an aromatic ring is 1. The molecule has 1 unspecified atom stereocenters. The Bertz CT molecular complexity index is 1230. The molecule has 0 radical (unpaired) electrons. The van der Waals surface area contributed by atoms with Crippen molar-refractivity contribution in [3.05, 3.63) is 35.4 Å². The van der Waals surface area contributed by atoms with E-state index in [1.54, 1.807) is 11.0 Å². The quantitative estimate of drug-likeness (QED) is 0.411. The molecular weight excluding hydrogens is 515 g/mol. The van der Waals surface area contributed by atoms with Crippen molar-refractivity contribution in [3.63, 3.8) is 0 Å². The minimum absolute atomic E-state index is 0.0531. The monoisotopic (exact) mass is 549 g/mol. The number of aromatic nitrogens is 1. The number of alkyl halides is 3. The Morgan fingerprint density at radius 1 is 1.33 bits per heavy atom. The van der Waals surface area contributed by atoms with Crippen LogP contribution in [0.4, 0.5) is 36.1 Å². The maximum absolute atomic E-state index is 13.5. The lowest BCUT2D eigenvalue weighted by molar-refractivity contribution is -0.177. The average molecular weight is 550 g/mol. The molecule has 0 aliphatic carbocycles. The predicted molar refractivity (Wildman–Crippen MR) is 143 cm³/mol. The van der Waals surface area contributed by atoms with Crippen molar-refractivity contribution in [3.8, 4) is 0 Å². The predicted octanol–water partition coefficient (Wildman–Crippen LogP) is 3.14. The summed E-state index contributed by atoms with van der Waals surface area (Å²) >= 11 is 0. The molecule has 0 saturated carbocycles. The van der Waals surface area contributed by atoms with Crippen molar-refractivity contribution in [1.29, 1.82) is 0 Å². The maximum atomic E-state index is 13.5. The normalized spacial score (nSPS) is 23.8. The number of nitrogens with two attached hydrogens (primary N) is 2. The van der Waals surface area contributed by atoms with Gasteiger partial charge in [0.25, 0.3) is 5.91 Å². The van der Waals surface area contributed by atoms with E-state index in [-0.39, 0.29) is 42.7 Å². The van der Waals surface area contributed by atoms with Crippen LogP contribution < -0.4 is 27.0 Å². The van der Waals surface area contributed by atoms with Crippen molar-refractivity contribution < 1.29 is 27.1 Å². The minimum Gasteiger partial charge on any atom is -0.438 e. The third-order valence-electron chi connectivity index (χ3n) is 7.41. The summed E-state index contributed by atoms with van der Waals surface area (Å²) < 4.78 is 51.9. The van der Waals surface area contributed by atoms with Crippen LogP contribution in [0.5, 0.6) is 0 Å². The second-order valence-electron chi connectivity index (χ2n) is 10.3. The van der Waals surface area contributed by atoms with Crippen LogP contribution in [0.2, 0.25) is 0 Å². The Morgan fingerprint density at radius 2 is 2.15 bits per heavy atom. The fourth-order valence-corrected chi connectivity index (χ4v) is 5.63.